The molecule has 0 radical (unpaired) electrons. The summed E-state index contributed by atoms with van der Waals surface area (Å²) in [6.07, 6.45) is 6.88. The molecule has 0 aromatic heterocycles. The maximum absolute atomic E-state index is 12.2. The number of carbonyl (C=O) groups excluding carboxylic acids is 2. The maximum Gasteiger partial charge on any atom is 0.343 e. The molecule has 2 rings (SSSR count). The fraction of sp³-hybridized carbons (Fsp3) is 0.391. The summed E-state index contributed by atoms with van der Waals surface area (Å²) in [5.74, 6) is -0.412. The van der Waals surface area contributed by atoms with Crippen LogP contribution in [0.15, 0.2) is 48.5 Å². The van der Waals surface area contributed by atoms with Gasteiger partial charge in [-0.25, -0.2) is 9.59 Å². The molecule has 0 saturated heterocycles. The third-order valence-electron chi connectivity index (χ3n) is 4.44. The Kier molecular flexibility index (Phi) is 9.05. The first-order valence-electron chi connectivity index (χ1n) is 9.91. The topological polar surface area (TPSA) is 64.6 Å². The van der Waals surface area contributed by atoms with Gasteiger partial charge in [0.1, 0.15) is 5.75 Å². The minimum atomic E-state index is -0.443. The van der Waals surface area contributed by atoms with E-state index in [1.165, 1.54) is 25.7 Å². The maximum atomic E-state index is 12.2. The molecule has 0 bridgehead atoms. The van der Waals surface area contributed by atoms with Crippen LogP contribution in [0.1, 0.15) is 66.2 Å². The molecule has 150 valence electrons. The predicted octanol–water partition coefficient (Wildman–Crippen LogP) is 5.46. The average Bonchev–Trinajstić information content (AvgIpc) is 2.73. The second kappa shape index (κ2) is 11.8. The van der Waals surface area contributed by atoms with E-state index >= 15 is 0 Å². The van der Waals surface area contributed by atoms with Crippen LogP contribution in [0.5, 0.6) is 5.75 Å². The number of esters is 2. The highest BCUT2D eigenvalue weighted by atomic mass is 16.5. The second-order valence-corrected chi connectivity index (χ2v) is 6.64. The molecule has 0 heterocycles. The van der Waals surface area contributed by atoms with E-state index in [0.29, 0.717) is 23.5 Å². The van der Waals surface area contributed by atoms with Crippen molar-refractivity contribution in [2.45, 2.75) is 45.4 Å². The number of rotatable bonds is 11. The zero-order chi connectivity index (χ0) is 20.2. The average molecular weight is 383 g/mol. The van der Waals surface area contributed by atoms with Gasteiger partial charge in [-0.05, 0) is 55.0 Å². The lowest BCUT2D eigenvalue weighted by atomic mass is 10.1. The molecule has 0 fully saturated rings. The van der Waals surface area contributed by atoms with Crippen molar-refractivity contribution in [3.8, 4) is 5.75 Å². The van der Waals surface area contributed by atoms with E-state index in [1.807, 2.05) is 7.05 Å². The zero-order valence-electron chi connectivity index (χ0n) is 16.7. The van der Waals surface area contributed by atoms with E-state index in [2.05, 4.69) is 12.2 Å². The summed E-state index contributed by atoms with van der Waals surface area (Å²) in [6, 6.07) is 13.4. The van der Waals surface area contributed by atoms with Crippen molar-refractivity contribution in [1.29, 1.82) is 0 Å². The van der Waals surface area contributed by atoms with Crippen LogP contribution in [-0.4, -0.2) is 25.6 Å². The van der Waals surface area contributed by atoms with Crippen molar-refractivity contribution in [2.24, 2.45) is 0 Å². The van der Waals surface area contributed by atoms with Crippen LogP contribution in [0.2, 0.25) is 0 Å². The zero-order valence-corrected chi connectivity index (χ0v) is 16.7. The smallest absolute Gasteiger partial charge is 0.343 e. The van der Waals surface area contributed by atoms with Gasteiger partial charge in [-0.1, -0.05) is 39.0 Å². The highest BCUT2D eigenvalue weighted by Crippen LogP contribution is 2.16. The minimum absolute atomic E-state index is 0.353. The van der Waals surface area contributed by atoms with Crippen LogP contribution in [-0.2, 0) is 4.74 Å². The van der Waals surface area contributed by atoms with E-state index in [-0.39, 0.29) is 5.97 Å². The molecule has 0 unspecified atom stereocenters. The third-order valence-corrected chi connectivity index (χ3v) is 4.44. The van der Waals surface area contributed by atoms with Crippen LogP contribution in [0.3, 0.4) is 0 Å². The summed E-state index contributed by atoms with van der Waals surface area (Å²) in [5.41, 5.74) is 1.82. The standard InChI is InChI=1S/C23H29NO4/c1-3-4-5-6-7-8-17-27-22(25)18-11-15-21(16-12-18)28-23(26)19-9-13-20(24-2)14-10-19/h9-16,24H,3-8,17H2,1-2H3. The Balaban J connectivity index is 1.77. The Bertz CT molecular complexity index is 738. The van der Waals surface area contributed by atoms with Gasteiger partial charge < -0.3 is 14.8 Å². The van der Waals surface area contributed by atoms with Gasteiger partial charge >= 0.3 is 11.9 Å². The SMILES string of the molecule is CCCCCCCCOC(=O)c1ccc(OC(=O)c2ccc(NC)cc2)cc1. The van der Waals surface area contributed by atoms with Gasteiger partial charge in [0.15, 0.2) is 0 Å². The first-order valence-corrected chi connectivity index (χ1v) is 9.91. The van der Waals surface area contributed by atoms with Crippen molar-refractivity contribution in [1.82, 2.24) is 0 Å². The van der Waals surface area contributed by atoms with Crippen molar-refractivity contribution in [3.05, 3.63) is 59.7 Å². The highest BCUT2D eigenvalue weighted by molar-refractivity contribution is 5.92. The molecule has 0 aliphatic rings. The summed E-state index contributed by atoms with van der Waals surface area (Å²) in [7, 11) is 1.81. The molecule has 0 spiro atoms. The number of anilines is 1. The Hall–Kier alpha value is -2.82. The van der Waals surface area contributed by atoms with Gasteiger partial charge in [0.2, 0.25) is 0 Å². The number of ether oxygens (including phenoxy) is 2. The molecule has 2 aromatic rings. The molecule has 1 N–H and O–H groups in total. The largest absolute Gasteiger partial charge is 0.462 e. The Morgan fingerprint density at radius 2 is 1.36 bits per heavy atom. The molecule has 5 heteroatoms. The molecular weight excluding hydrogens is 354 g/mol. The number of hydrogen-bond acceptors (Lipinski definition) is 5. The minimum Gasteiger partial charge on any atom is -0.462 e. The van der Waals surface area contributed by atoms with E-state index in [0.717, 1.165) is 18.5 Å². The predicted molar refractivity (Wildman–Crippen MR) is 111 cm³/mol. The normalized spacial score (nSPS) is 10.4. The van der Waals surface area contributed by atoms with E-state index in [1.54, 1.807) is 48.5 Å². The molecule has 0 aliphatic carbocycles. The van der Waals surface area contributed by atoms with Gasteiger partial charge in [0.25, 0.3) is 0 Å². The van der Waals surface area contributed by atoms with E-state index < -0.39 is 5.97 Å². The van der Waals surface area contributed by atoms with Gasteiger partial charge in [0, 0.05) is 12.7 Å². The first kappa shape index (κ1) is 21.5. The summed E-state index contributed by atoms with van der Waals surface area (Å²) in [5, 5.41) is 2.99. The quantitative estimate of drug-likeness (QED) is 0.317. The second-order valence-electron chi connectivity index (χ2n) is 6.64. The molecule has 0 atom stereocenters. The monoisotopic (exact) mass is 383 g/mol. The van der Waals surface area contributed by atoms with Gasteiger partial charge in [-0.2, -0.15) is 0 Å². The number of carbonyl (C=O) groups is 2. The van der Waals surface area contributed by atoms with Crippen molar-refractivity contribution in [2.75, 3.05) is 19.0 Å². The molecule has 5 nitrogen and oxygen atoms in total. The number of nitrogens with one attached hydrogen (secondary N) is 1. The fourth-order valence-electron chi connectivity index (χ4n) is 2.73. The first-order chi connectivity index (χ1) is 13.6. The molecule has 2 aromatic carbocycles. The molecule has 0 saturated carbocycles. The lowest BCUT2D eigenvalue weighted by Gasteiger charge is -2.07. The lowest BCUT2D eigenvalue weighted by Crippen LogP contribution is -2.09. The Morgan fingerprint density at radius 1 is 0.786 bits per heavy atom. The van der Waals surface area contributed by atoms with Crippen LogP contribution < -0.4 is 10.1 Å². The summed E-state index contributed by atoms with van der Waals surface area (Å²) in [6.45, 7) is 2.62. The van der Waals surface area contributed by atoms with Gasteiger partial charge in [-0.3, -0.25) is 0 Å². The van der Waals surface area contributed by atoms with Crippen molar-refractivity contribution < 1.29 is 19.1 Å². The molecule has 0 amide bonds. The van der Waals surface area contributed by atoms with Crippen molar-refractivity contribution in [3.63, 3.8) is 0 Å². The van der Waals surface area contributed by atoms with Crippen LogP contribution in [0.25, 0.3) is 0 Å². The summed E-state index contributed by atoms with van der Waals surface area (Å²) in [4.78, 5) is 24.2. The summed E-state index contributed by atoms with van der Waals surface area (Å²) < 4.78 is 10.6. The highest BCUT2D eigenvalue weighted by Gasteiger charge is 2.11. The lowest BCUT2D eigenvalue weighted by molar-refractivity contribution is 0.0497. The third kappa shape index (κ3) is 7.06. The Morgan fingerprint density at radius 3 is 2.00 bits per heavy atom. The van der Waals surface area contributed by atoms with Crippen molar-refractivity contribution >= 4 is 17.6 Å². The van der Waals surface area contributed by atoms with Crippen LogP contribution in [0, 0.1) is 0 Å². The van der Waals surface area contributed by atoms with Crippen LogP contribution in [0.4, 0.5) is 5.69 Å². The van der Waals surface area contributed by atoms with Gasteiger partial charge in [0.05, 0.1) is 17.7 Å². The van der Waals surface area contributed by atoms with Crippen LogP contribution >= 0.6 is 0 Å². The van der Waals surface area contributed by atoms with E-state index in [4.69, 9.17) is 9.47 Å². The summed E-state index contributed by atoms with van der Waals surface area (Å²) >= 11 is 0. The number of hydrogen-bond donors (Lipinski definition) is 1. The van der Waals surface area contributed by atoms with E-state index in [9.17, 15) is 9.59 Å². The fourth-order valence-corrected chi connectivity index (χ4v) is 2.73. The molecule has 28 heavy (non-hydrogen) atoms. The number of benzene rings is 2. The number of unbranched alkanes of at least 4 members (excludes halogenated alkanes) is 5. The molecule has 0 aliphatic heterocycles. The van der Waals surface area contributed by atoms with Gasteiger partial charge in [-0.15, -0.1) is 0 Å². The molecular formula is C23H29NO4. The Labute approximate surface area is 167 Å².